The number of aromatic nitrogens is 2. The molecule has 2 aromatic heterocycles. The number of carbonyl (C=O) groups is 7. The molecule has 1 saturated carbocycles. The molecule has 3 aliphatic rings. The summed E-state index contributed by atoms with van der Waals surface area (Å²) < 4.78 is 27.4. The van der Waals surface area contributed by atoms with Crippen molar-refractivity contribution >= 4 is 53.3 Å². The number of nitrogens with two attached hydrogens (primary N) is 1. The van der Waals surface area contributed by atoms with E-state index < -0.39 is 29.7 Å². The Bertz CT molecular complexity index is 2770. The van der Waals surface area contributed by atoms with Crippen LogP contribution in [0, 0.1) is 25.6 Å². The molecule has 21 heteroatoms. The Balaban J connectivity index is 0.000000338. The molecule has 7 amide bonds. The first-order chi connectivity index (χ1) is 38.3. The van der Waals surface area contributed by atoms with Crippen LogP contribution >= 0.6 is 0 Å². The van der Waals surface area contributed by atoms with Gasteiger partial charge in [0.1, 0.15) is 19.2 Å². The number of nitrogens with zero attached hydrogens (tertiary/aromatic N) is 2. The SMILES string of the molecule is CC(C)=COCc1c(C(C)O)cc2n(c1=O)Cc1c-2nc2cc(F)c(C)c3c2c1CCC3.CC1CC(OCNC(=O)CNC(=O)CNC(=O)CNC(=O)CNC(=O)CCCCCNC=O)C1.CCCC.Cc1ccccc1.NC=O. The molecular formula is C59H84FN9O11. The number of primary amides is 1. The molecule has 2 aliphatic carbocycles. The van der Waals surface area contributed by atoms with Gasteiger partial charge in [-0.3, -0.25) is 38.4 Å². The minimum Gasteiger partial charge on any atom is -0.496 e. The van der Waals surface area contributed by atoms with E-state index in [4.69, 9.17) is 19.3 Å². The summed E-state index contributed by atoms with van der Waals surface area (Å²) >= 11 is 0. The molecule has 7 rings (SSSR count). The molecule has 1 fully saturated rings. The summed E-state index contributed by atoms with van der Waals surface area (Å²) in [5.74, 6) is -1.97. The highest BCUT2D eigenvalue weighted by Gasteiger charge is 2.31. The van der Waals surface area contributed by atoms with Crippen molar-refractivity contribution in [3.8, 4) is 11.4 Å². The first-order valence-electron chi connectivity index (χ1n) is 27.4. The Morgan fingerprint density at radius 1 is 0.838 bits per heavy atom. The molecule has 4 aromatic rings. The van der Waals surface area contributed by atoms with E-state index in [1.165, 1.54) is 30.0 Å². The van der Waals surface area contributed by atoms with Crippen LogP contribution in [0.4, 0.5) is 4.39 Å². The number of carbonyl (C=O) groups excluding carboxylic acids is 7. The van der Waals surface area contributed by atoms with Gasteiger partial charge in [0, 0.05) is 30.0 Å². The van der Waals surface area contributed by atoms with Crippen LogP contribution in [0.1, 0.15) is 144 Å². The van der Waals surface area contributed by atoms with Crippen LogP contribution < -0.4 is 43.2 Å². The number of aryl methyl sites for hydroxylation is 3. The van der Waals surface area contributed by atoms with Crippen molar-refractivity contribution in [3.63, 3.8) is 0 Å². The quantitative estimate of drug-likeness (QED) is 0.0177. The standard InChI is InChI=1S/C26H27FN2O3.C21H36N6O7.C7H8.C4H10.CH3NO/c1-13(2)11-32-12-20-18(15(4)30)8-23-25-19(10-29(23)26(20)31)17-7-5-6-16-14(3)21(27)9-22(28-25)24(16)17;1-15-7-16(8-15)34-14-27-21(33)12-26-20(32)11-25-19(31)10-24-18(30)9-23-17(29)5-3-2-4-6-22-13-28;1-7-5-3-2-4-6-7;1-3-4-2;2-1-3/h8-9,11,15,30H,5-7,10,12H2,1-4H3;13,15-16H,2-12,14H2,1H3,(H,22,28)(H,23,29)(H,24,30)(H,25,31)(H,26,32)(H,27,33);2-6H,1H3;3-4H2,1-2H3;1H,(H2,2,3). The van der Waals surface area contributed by atoms with Gasteiger partial charge in [0.15, 0.2) is 0 Å². The molecule has 0 bridgehead atoms. The third kappa shape index (κ3) is 22.3. The van der Waals surface area contributed by atoms with Crippen LogP contribution in [-0.2, 0) is 69.0 Å². The molecule has 80 heavy (non-hydrogen) atoms. The largest absolute Gasteiger partial charge is 0.496 e. The second-order valence-electron chi connectivity index (χ2n) is 20.1. The van der Waals surface area contributed by atoms with Gasteiger partial charge in [0.05, 0.1) is 73.7 Å². The number of pyridine rings is 2. The van der Waals surface area contributed by atoms with Crippen molar-refractivity contribution in [3.05, 3.63) is 109 Å². The summed E-state index contributed by atoms with van der Waals surface area (Å²) in [6.45, 7) is 15.8. The molecule has 0 spiro atoms. The Labute approximate surface area is 469 Å². The number of halogens is 1. The maximum atomic E-state index is 14.6. The number of amides is 7. The summed E-state index contributed by atoms with van der Waals surface area (Å²) in [7, 11) is 0. The smallest absolute Gasteiger partial charge is 0.258 e. The number of aliphatic hydroxyl groups excluding tert-OH is 1. The average molecular weight is 1110 g/mol. The van der Waals surface area contributed by atoms with Crippen molar-refractivity contribution < 1.29 is 52.5 Å². The van der Waals surface area contributed by atoms with E-state index in [2.05, 4.69) is 77.5 Å². The number of rotatable bonds is 23. The summed E-state index contributed by atoms with van der Waals surface area (Å²) in [6, 6.07) is 13.6. The van der Waals surface area contributed by atoms with Crippen molar-refractivity contribution in [2.24, 2.45) is 11.7 Å². The molecular weight excluding hydrogens is 1030 g/mol. The fraction of sp³-hybridized carbons (Fsp3) is 0.508. The number of unbranched alkanes of at least 4 members (excludes halogenated alkanes) is 3. The minimum atomic E-state index is -0.825. The van der Waals surface area contributed by atoms with Crippen LogP contribution in [0.15, 0.2) is 59.1 Å². The average Bonchev–Trinajstić information content (AvgIpc) is 3.80. The number of aliphatic hydroxyl groups is 1. The Kier molecular flexibility index (Phi) is 29.9. The number of fused-ring (bicyclic) bond motifs is 4. The number of ether oxygens (including phenoxy) is 2. The van der Waals surface area contributed by atoms with Crippen LogP contribution in [-0.4, -0.2) is 103 Å². The molecule has 3 heterocycles. The normalized spacial score (nSPS) is 14.2. The monoisotopic (exact) mass is 1110 g/mol. The van der Waals surface area contributed by atoms with Crippen molar-refractivity contribution in [2.75, 3.05) is 39.5 Å². The van der Waals surface area contributed by atoms with Gasteiger partial charge in [0.25, 0.3) is 5.56 Å². The summed E-state index contributed by atoms with van der Waals surface area (Å²) in [4.78, 5) is 95.4. The Morgan fingerprint density at radius 2 is 1.41 bits per heavy atom. The van der Waals surface area contributed by atoms with E-state index in [0.717, 1.165) is 72.7 Å². The second-order valence-corrected chi connectivity index (χ2v) is 20.1. The van der Waals surface area contributed by atoms with Crippen LogP contribution in [0.3, 0.4) is 0 Å². The lowest BCUT2D eigenvalue weighted by Gasteiger charge is -2.32. The number of nitrogens with one attached hydrogen (secondary N) is 6. The third-order valence-electron chi connectivity index (χ3n) is 13.1. The molecule has 438 valence electrons. The van der Waals surface area contributed by atoms with Crippen molar-refractivity contribution in [1.82, 2.24) is 41.5 Å². The van der Waals surface area contributed by atoms with Crippen LogP contribution in [0.25, 0.3) is 22.3 Å². The lowest BCUT2D eigenvalue weighted by molar-refractivity contribution is -0.129. The fourth-order valence-electron chi connectivity index (χ4n) is 8.68. The van der Waals surface area contributed by atoms with Gasteiger partial charge < -0.3 is 56.8 Å². The number of benzene rings is 2. The summed E-state index contributed by atoms with van der Waals surface area (Å²) in [5.41, 5.74) is 13.3. The van der Waals surface area contributed by atoms with E-state index in [9.17, 15) is 43.1 Å². The molecule has 9 N–H and O–H groups in total. The molecule has 0 saturated heterocycles. The van der Waals surface area contributed by atoms with Gasteiger partial charge in [-0.2, -0.15) is 0 Å². The Morgan fingerprint density at radius 3 is 1.94 bits per heavy atom. The fourth-order valence-corrected chi connectivity index (χ4v) is 8.68. The van der Waals surface area contributed by atoms with E-state index in [-0.39, 0.29) is 75.7 Å². The lowest BCUT2D eigenvalue weighted by Crippen LogP contribution is -2.46. The predicted molar refractivity (Wildman–Crippen MR) is 305 cm³/mol. The van der Waals surface area contributed by atoms with Gasteiger partial charge in [-0.25, -0.2) is 9.37 Å². The zero-order valence-corrected chi connectivity index (χ0v) is 47.8. The number of hydrogen-bond donors (Lipinski definition) is 8. The van der Waals surface area contributed by atoms with Gasteiger partial charge in [0.2, 0.25) is 42.4 Å². The number of hydrogen-bond acceptors (Lipinski definition) is 12. The molecule has 1 unspecified atom stereocenters. The highest BCUT2D eigenvalue weighted by molar-refractivity contribution is 5.93. The summed E-state index contributed by atoms with van der Waals surface area (Å²) in [6.07, 6.45) is 11.5. The van der Waals surface area contributed by atoms with Crippen molar-refractivity contribution in [2.45, 2.75) is 151 Å². The highest BCUT2D eigenvalue weighted by atomic mass is 19.1. The van der Waals surface area contributed by atoms with Gasteiger partial charge in [-0.1, -0.05) is 75.9 Å². The first kappa shape index (κ1) is 66.8. The van der Waals surface area contributed by atoms with E-state index in [1.54, 1.807) is 17.8 Å². The van der Waals surface area contributed by atoms with Crippen molar-refractivity contribution in [1.29, 1.82) is 0 Å². The lowest BCUT2D eigenvalue weighted by atomic mass is 9.84. The van der Waals surface area contributed by atoms with Gasteiger partial charge >= 0.3 is 0 Å². The topological polar surface area (TPSA) is 291 Å². The van der Waals surface area contributed by atoms with Gasteiger partial charge in [-0.15, -0.1) is 0 Å². The second kappa shape index (κ2) is 35.9. The van der Waals surface area contributed by atoms with E-state index >= 15 is 0 Å². The van der Waals surface area contributed by atoms with Crippen LogP contribution in [0.5, 0.6) is 0 Å². The molecule has 2 aromatic carbocycles. The van der Waals surface area contributed by atoms with Crippen LogP contribution in [0.2, 0.25) is 0 Å². The first-order valence-corrected chi connectivity index (χ1v) is 27.4. The maximum absolute atomic E-state index is 14.6. The zero-order chi connectivity index (χ0) is 59.1. The summed E-state index contributed by atoms with van der Waals surface area (Å²) in [5, 5.41) is 26.0. The number of allylic oxidation sites excluding steroid dienone is 1. The third-order valence-corrected chi connectivity index (χ3v) is 13.1. The van der Waals surface area contributed by atoms with E-state index in [0.29, 0.717) is 59.7 Å². The van der Waals surface area contributed by atoms with E-state index in [1.807, 2.05) is 45.0 Å². The zero-order valence-electron chi connectivity index (χ0n) is 47.8. The maximum Gasteiger partial charge on any atom is 0.258 e. The highest BCUT2D eigenvalue weighted by Crippen LogP contribution is 2.41. The Hall–Kier alpha value is -7.52. The minimum absolute atomic E-state index is 0.0865. The molecule has 0 radical (unpaired) electrons. The van der Waals surface area contributed by atoms with Gasteiger partial charge in [-0.05, 0) is 119 Å². The molecule has 1 aliphatic heterocycles. The predicted octanol–water partition coefficient (Wildman–Crippen LogP) is 5.40. The molecule has 20 nitrogen and oxygen atoms in total. The molecule has 1 atom stereocenters.